The van der Waals surface area contributed by atoms with Crippen LogP contribution in [0.3, 0.4) is 0 Å². The van der Waals surface area contributed by atoms with Gasteiger partial charge in [-0.2, -0.15) is 39.5 Å². The predicted molar refractivity (Wildman–Crippen MR) is 141 cm³/mol. The van der Waals surface area contributed by atoms with Gasteiger partial charge < -0.3 is 24.8 Å². The number of aromatic nitrogens is 2. The van der Waals surface area contributed by atoms with Crippen molar-refractivity contribution in [2.45, 2.75) is 56.5 Å². The molecular formula is C27H30F9N3O8. The van der Waals surface area contributed by atoms with E-state index in [-0.39, 0.29) is 5.60 Å². The van der Waals surface area contributed by atoms with Gasteiger partial charge in [0.05, 0.1) is 17.9 Å². The van der Waals surface area contributed by atoms with Crippen LogP contribution in [0.15, 0.2) is 48.9 Å². The van der Waals surface area contributed by atoms with E-state index >= 15 is 0 Å². The van der Waals surface area contributed by atoms with Crippen LogP contribution in [0.4, 0.5) is 39.5 Å². The number of hydrogen-bond acceptors (Lipinski definition) is 8. The van der Waals surface area contributed by atoms with Crippen LogP contribution in [0, 0.1) is 5.92 Å². The molecular weight excluding hydrogens is 665 g/mol. The van der Waals surface area contributed by atoms with Crippen LogP contribution in [0.1, 0.15) is 30.5 Å². The van der Waals surface area contributed by atoms with Crippen LogP contribution in [-0.2, 0) is 37.0 Å². The summed E-state index contributed by atoms with van der Waals surface area (Å²) in [5.74, 6) is -7.57. The van der Waals surface area contributed by atoms with Crippen LogP contribution in [-0.4, -0.2) is 98.5 Å². The smallest absolute Gasteiger partial charge is 0.475 e. The fourth-order valence-electron chi connectivity index (χ4n) is 4.14. The first kappa shape index (κ1) is 41.0. The van der Waals surface area contributed by atoms with Crippen molar-refractivity contribution in [3.05, 3.63) is 60.2 Å². The van der Waals surface area contributed by atoms with Gasteiger partial charge in [0.2, 0.25) is 0 Å². The average Bonchev–Trinajstić information content (AvgIpc) is 2.95. The van der Waals surface area contributed by atoms with Crippen molar-refractivity contribution in [3.63, 3.8) is 0 Å². The summed E-state index contributed by atoms with van der Waals surface area (Å²) in [6.07, 6.45) is -6.24. The van der Waals surface area contributed by atoms with Crippen LogP contribution in [0.5, 0.6) is 0 Å². The van der Waals surface area contributed by atoms with E-state index in [9.17, 15) is 39.5 Å². The zero-order chi connectivity index (χ0) is 35.9. The monoisotopic (exact) mass is 695 g/mol. The average molecular weight is 696 g/mol. The Hall–Kier alpha value is -4.04. The van der Waals surface area contributed by atoms with Gasteiger partial charge in [0.25, 0.3) is 0 Å². The lowest BCUT2D eigenvalue weighted by molar-refractivity contribution is -0.193. The highest BCUT2D eigenvalue weighted by Crippen LogP contribution is 2.38. The fourth-order valence-corrected chi connectivity index (χ4v) is 4.14. The van der Waals surface area contributed by atoms with Crippen LogP contribution >= 0.6 is 0 Å². The van der Waals surface area contributed by atoms with E-state index in [2.05, 4.69) is 20.9 Å². The molecule has 11 nitrogen and oxygen atoms in total. The number of carboxylic acids is 3. The van der Waals surface area contributed by atoms with Gasteiger partial charge >= 0.3 is 36.4 Å². The van der Waals surface area contributed by atoms with Crippen molar-refractivity contribution in [2.24, 2.45) is 5.92 Å². The van der Waals surface area contributed by atoms with Gasteiger partial charge in [-0.25, -0.2) is 14.4 Å². The number of rotatable bonds is 7. The molecule has 0 amide bonds. The lowest BCUT2D eigenvalue weighted by Gasteiger charge is -2.53. The summed E-state index contributed by atoms with van der Waals surface area (Å²) in [5, 5.41) is 21.4. The largest absolute Gasteiger partial charge is 0.490 e. The van der Waals surface area contributed by atoms with Crippen LogP contribution < -0.4 is 0 Å². The topological polar surface area (TPSA) is 159 Å². The second-order valence-electron chi connectivity index (χ2n) is 9.97. The van der Waals surface area contributed by atoms with E-state index in [1.54, 1.807) is 0 Å². The molecule has 1 unspecified atom stereocenters. The molecule has 2 aromatic heterocycles. The van der Waals surface area contributed by atoms with E-state index < -0.39 is 36.4 Å². The Kier molecular flexibility index (Phi) is 16.0. The van der Waals surface area contributed by atoms with Crippen LogP contribution in [0.2, 0.25) is 0 Å². The maximum atomic E-state index is 10.6. The number of halogens is 9. The third-order valence-corrected chi connectivity index (χ3v) is 6.12. The number of aliphatic carboxylic acids is 3. The summed E-state index contributed by atoms with van der Waals surface area (Å²) in [4.78, 5) is 37.6. The summed E-state index contributed by atoms with van der Waals surface area (Å²) in [7, 11) is 0. The van der Waals surface area contributed by atoms with E-state index in [1.165, 1.54) is 5.56 Å². The molecule has 47 heavy (non-hydrogen) atoms. The second kappa shape index (κ2) is 18.3. The molecule has 2 aliphatic heterocycles. The highest BCUT2D eigenvalue weighted by Gasteiger charge is 2.47. The van der Waals surface area contributed by atoms with Gasteiger partial charge in [0, 0.05) is 51.4 Å². The van der Waals surface area contributed by atoms with Gasteiger partial charge in [0.1, 0.15) is 0 Å². The quantitative estimate of drug-likeness (QED) is 0.265. The lowest BCUT2D eigenvalue weighted by atomic mass is 9.79. The number of ether oxygens (including phenoxy) is 2. The van der Waals surface area contributed by atoms with Crippen molar-refractivity contribution in [2.75, 3.05) is 26.3 Å². The predicted octanol–water partition coefficient (Wildman–Crippen LogP) is 4.96. The van der Waals surface area contributed by atoms with Crippen LogP contribution in [0.25, 0.3) is 0 Å². The van der Waals surface area contributed by atoms with E-state index in [4.69, 9.17) is 39.2 Å². The molecule has 0 saturated carbocycles. The Morgan fingerprint density at radius 2 is 1.43 bits per heavy atom. The Morgan fingerprint density at radius 1 is 0.872 bits per heavy atom. The first-order valence-corrected chi connectivity index (χ1v) is 13.3. The summed E-state index contributed by atoms with van der Waals surface area (Å²) in [6.45, 7) is 5.33. The molecule has 2 aliphatic rings. The Balaban J connectivity index is 0.000000430. The first-order chi connectivity index (χ1) is 21.6. The zero-order valence-electron chi connectivity index (χ0n) is 24.2. The van der Waals surface area contributed by atoms with Crippen molar-refractivity contribution >= 4 is 17.9 Å². The van der Waals surface area contributed by atoms with Gasteiger partial charge in [0.15, 0.2) is 0 Å². The molecule has 0 bridgehead atoms. The number of hydrogen-bond donors (Lipinski definition) is 3. The molecule has 0 aromatic carbocycles. The molecule has 2 aromatic rings. The lowest BCUT2D eigenvalue weighted by Crippen LogP contribution is -2.64. The summed E-state index contributed by atoms with van der Waals surface area (Å²) in [5.41, 5.74) is 2.35. The number of carboxylic acid groups (broad SMARTS) is 3. The Morgan fingerprint density at radius 3 is 1.87 bits per heavy atom. The molecule has 2 fully saturated rings. The minimum absolute atomic E-state index is 0.0755. The van der Waals surface area contributed by atoms with E-state index in [0.29, 0.717) is 12.5 Å². The second-order valence-corrected chi connectivity index (χ2v) is 9.97. The maximum Gasteiger partial charge on any atom is 0.490 e. The molecule has 1 spiro atoms. The normalized spacial score (nSPS) is 17.3. The van der Waals surface area contributed by atoms with Crippen molar-refractivity contribution < 1.29 is 78.7 Å². The summed E-state index contributed by atoms with van der Waals surface area (Å²) >= 11 is 0. The third kappa shape index (κ3) is 16.9. The van der Waals surface area contributed by atoms with E-state index in [1.807, 2.05) is 42.9 Å². The van der Waals surface area contributed by atoms with Crippen molar-refractivity contribution in [1.82, 2.24) is 14.9 Å². The number of carbonyl (C=O) groups is 3. The molecule has 0 aliphatic carbocycles. The molecule has 4 rings (SSSR count). The number of pyridine rings is 2. The first-order valence-electron chi connectivity index (χ1n) is 13.3. The SMILES string of the molecule is O=C(O)C(F)(F)F.O=C(O)C(F)(F)F.O=C(O)C(F)(F)F.c1ccc(COCCC2CCOC3(C2)CN(Cc2cccnc2)C3)nc1. The van der Waals surface area contributed by atoms with Gasteiger partial charge in [-0.3, -0.25) is 14.9 Å². The highest BCUT2D eigenvalue weighted by atomic mass is 19.4. The van der Waals surface area contributed by atoms with Crippen molar-refractivity contribution in [3.8, 4) is 0 Å². The van der Waals surface area contributed by atoms with E-state index in [0.717, 1.165) is 57.8 Å². The van der Waals surface area contributed by atoms with Gasteiger partial charge in [-0.1, -0.05) is 12.1 Å². The summed E-state index contributed by atoms with van der Waals surface area (Å²) < 4.78 is 107. The zero-order valence-corrected chi connectivity index (χ0v) is 24.2. The number of likely N-dealkylation sites (tertiary alicyclic amines) is 1. The fraction of sp³-hybridized carbons (Fsp3) is 0.519. The maximum absolute atomic E-state index is 10.6. The molecule has 4 heterocycles. The van der Waals surface area contributed by atoms with Gasteiger partial charge in [-0.05, 0) is 48.9 Å². The standard InChI is InChI=1S/C21H27N3O2.3C2HF3O2/c1-2-9-23-20(5-1)15-25-10-6-18-7-11-26-21(12-18)16-24(17-21)14-19-4-3-8-22-13-19;3*3-2(4,5)1(6)7/h1-5,8-9,13,18H,6-7,10-12,14-17H2;3*(H,6,7). The minimum Gasteiger partial charge on any atom is -0.475 e. The minimum atomic E-state index is -5.08. The molecule has 264 valence electrons. The third-order valence-electron chi connectivity index (χ3n) is 6.12. The summed E-state index contributed by atoms with van der Waals surface area (Å²) in [6, 6.07) is 10.1. The molecule has 20 heteroatoms. The Bertz CT molecular complexity index is 1180. The van der Waals surface area contributed by atoms with Crippen molar-refractivity contribution in [1.29, 1.82) is 0 Å². The molecule has 0 radical (unpaired) electrons. The molecule has 3 N–H and O–H groups in total. The molecule has 2 saturated heterocycles. The molecule has 1 atom stereocenters. The highest BCUT2D eigenvalue weighted by molar-refractivity contribution is 5.73. The number of alkyl halides is 9. The Labute approximate surface area is 260 Å². The number of nitrogens with zero attached hydrogens (tertiary/aromatic N) is 3. The van der Waals surface area contributed by atoms with Gasteiger partial charge in [-0.15, -0.1) is 0 Å².